The molecule has 0 aromatic heterocycles. The Morgan fingerprint density at radius 3 is 2.43 bits per heavy atom. The number of benzene rings is 2. The highest BCUT2D eigenvalue weighted by molar-refractivity contribution is 6.35. The molecular weight excluding hydrogens is 395 g/mol. The lowest BCUT2D eigenvalue weighted by Crippen LogP contribution is -2.36. The number of carbonyl (C=O) groups excluding carboxylic acids is 1. The highest BCUT2D eigenvalue weighted by atomic mass is 35.5. The van der Waals surface area contributed by atoms with E-state index in [1.54, 1.807) is 13.1 Å². The summed E-state index contributed by atoms with van der Waals surface area (Å²) in [4.78, 5) is 17.9. The van der Waals surface area contributed by atoms with Gasteiger partial charge in [0.15, 0.2) is 5.96 Å². The molecule has 0 bridgehead atoms. The molecule has 2 N–H and O–H groups in total. The molecule has 2 aromatic carbocycles. The molecule has 0 radical (unpaired) electrons. The van der Waals surface area contributed by atoms with Gasteiger partial charge in [-0.25, -0.2) is 0 Å². The summed E-state index contributed by atoms with van der Waals surface area (Å²) in [5.41, 5.74) is 3.25. The molecule has 7 heteroatoms. The van der Waals surface area contributed by atoms with Gasteiger partial charge in [0.05, 0.1) is 0 Å². The Kier molecular flexibility index (Phi) is 7.18. The first-order chi connectivity index (χ1) is 13.5. The molecular formula is C21H24Cl2N4O. The standard InChI is InChI=1S/C21H24Cl2N4O/c1-24-21(26-13-17-8-9-18(22)11-19(17)23)25-12-15-4-6-16(7-5-15)14-27-10-2-3-20(27)28/h4-9,11H,2-3,10,12-14H2,1H3,(H2,24,25,26). The van der Waals surface area contributed by atoms with Crippen LogP contribution in [0, 0.1) is 0 Å². The number of aliphatic imine (C=N–C) groups is 1. The predicted octanol–water partition coefficient (Wildman–Crippen LogP) is 3.98. The van der Waals surface area contributed by atoms with Crippen molar-refractivity contribution in [1.82, 2.24) is 15.5 Å². The lowest BCUT2D eigenvalue weighted by Gasteiger charge is -2.16. The lowest BCUT2D eigenvalue weighted by atomic mass is 10.1. The number of hydrogen-bond acceptors (Lipinski definition) is 2. The zero-order valence-corrected chi connectivity index (χ0v) is 17.4. The maximum atomic E-state index is 11.7. The summed E-state index contributed by atoms with van der Waals surface area (Å²) in [6, 6.07) is 13.7. The van der Waals surface area contributed by atoms with Crippen LogP contribution in [0.1, 0.15) is 29.5 Å². The van der Waals surface area contributed by atoms with Gasteiger partial charge in [0, 0.05) is 49.7 Å². The SMILES string of the molecule is CN=C(NCc1ccc(CN2CCCC2=O)cc1)NCc1ccc(Cl)cc1Cl. The fourth-order valence-electron chi connectivity index (χ4n) is 3.10. The maximum absolute atomic E-state index is 11.7. The van der Waals surface area contributed by atoms with Crippen molar-refractivity contribution < 1.29 is 4.79 Å². The molecule has 3 rings (SSSR count). The molecule has 1 aliphatic heterocycles. The summed E-state index contributed by atoms with van der Waals surface area (Å²) < 4.78 is 0. The molecule has 1 heterocycles. The second kappa shape index (κ2) is 9.80. The quantitative estimate of drug-likeness (QED) is 0.550. The Balaban J connectivity index is 1.48. The van der Waals surface area contributed by atoms with E-state index >= 15 is 0 Å². The van der Waals surface area contributed by atoms with Gasteiger partial charge in [-0.05, 0) is 35.2 Å². The van der Waals surface area contributed by atoms with Gasteiger partial charge in [-0.3, -0.25) is 9.79 Å². The minimum atomic E-state index is 0.251. The number of hydrogen-bond donors (Lipinski definition) is 2. The minimum absolute atomic E-state index is 0.251. The Hall–Kier alpha value is -2.24. The van der Waals surface area contributed by atoms with Gasteiger partial charge in [0.25, 0.3) is 0 Å². The van der Waals surface area contributed by atoms with Crippen molar-refractivity contribution in [1.29, 1.82) is 0 Å². The van der Waals surface area contributed by atoms with E-state index in [1.807, 2.05) is 17.0 Å². The molecule has 0 spiro atoms. The molecule has 148 valence electrons. The average Bonchev–Trinajstić information content (AvgIpc) is 3.09. The van der Waals surface area contributed by atoms with E-state index in [4.69, 9.17) is 23.2 Å². The fourth-order valence-corrected chi connectivity index (χ4v) is 3.58. The zero-order chi connectivity index (χ0) is 19.9. The highest BCUT2D eigenvalue weighted by Gasteiger charge is 2.19. The topological polar surface area (TPSA) is 56.7 Å². The maximum Gasteiger partial charge on any atom is 0.222 e. The van der Waals surface area contributed by atoms with E-state index < -0.39 is 0 Å². The van der Waals surface area contributed by atoms with Crippen LogP contribution >= 0.6 is 23.2 Å². The number of nitrogens with one attached hydrogen (secondary N) is 2. The van der Waals surface area contributed by atoms with Crippen molar-refractivity contribution in [2.45, 2.75) is 32.5 Å². The number of nitrogens with zero attached hydrogens (tertiary/aromatic N) is 2. The molecule has 0 saturated carbocycles. The summed E-state index contributed by atoms with van der Waals surface area (Å²) >= 11 is 12.1. The predicted molar refractivity (Wildman–Crippen MR) is 115 cm³/mol. The van der Waals surface area contributed by atoms with Crippen LogP contribution in [0.2, 0.25) is 10.0 Å². The normalized spacial score (nSPS) is 14.5. The average molecular weight is 419 g/mol. The highest BCUT2D eigenvalue weighted by Crippen LogP contribution is 2.20. The smallest absolute Gasteiger partial charge is 0.222 e. The third kappa shape index (κ3) is 5.63. The van der Waals surface area contributed by atoms with Crippen LogP contribution in [-0.2, 0) is 24.4 Å². The minimum Gasteiger partial charge on any atom is -0.352 e. The van der Waals surface area contributed by atoms with E-state index in [9.17, 15) is 4.79 Å². The van der Waals surface area contributed by atoms with Gasteiger partial charge in [-0.1, -0.05) is 53.5 Å². The summed E-state index contributed by atoms with van der Waals surface area (Å²) in [5.74, 6) is 0.944. The third-order valence-electron chi connectivity index (χ3n) is 4.71. The molecule has 1 fully saturated rings. The molecule has 1 amide bonds. The molecule has 0 unspecified atom stereocenters. The summed E-state index contributed by atoms with van der Waals surface area (Å²) in [6.07, 6.45) is 1.64. The number of halogens is 2. The zero-order valence-electron chi connectivity index (χ0n) is 15.8. The van der Waals surface area contributed by atoms with Crippen LogP contribution in [0.25, 0.3) is 0 Å². The lowest BCUT2D eigenvalue weighted by molar-refractivity contribution is -0.128. The first kappa shape index (κ1) is 20.5. The van der Waals surface area contributed by atoms with E-state index in [-0.39, 0.29) is 5.91 Å². The Morgan fingerprint density at radius 2 is 1.79 bits per heavy atom. The summed E-state index contributed by atoms with van der Waals surface area (Å²) in [5, 5.41) is 7.79. The van der Waals surface area contributed by atoms with Crippen molar-refractivity contribution in [3.05, 3.63) is 69.2 Å². The molecule has 2 aromatic rings. The van der Waals surface area contributed by atoms with Crippen LogP contribution in [0.3, 0.4) is 0 Å². The van der Waals surface area contributed by atoms with Crippen molar-refractivity contribution in [2.24, 2.45) is 4.99 Å². The van der Waals surface area contributed by atoms with Gasteiger partial charge in [0.1, 0.15) is 0 Å². The number of rotatable bonds is 6. The Labute approximate surface area is 175 Å². The molecule has 1 saturated heterocycles. The largest absolute Gasteiger partial charge is 0.352 e. The van der Waals surface area contributed by atoms with E-state index in [2.05, 4.69) is 39.9 Å². The third-order valence-corrected chi connectivity index (χ3v) is 5.30. The van der Waals surface area contributed by atoms with Gasteiger partial charge in [-0.15, -0.1) is 0 Å². The number of amides is 1. The van der Waals surface area contributed by atoms with Gasteiger partial charge < -0.3 is 15.5 Å². The first-order valence-electron chi connectivity index (χ1n) is 9.29. The van der Waals surface area contributed by atoms with E-state index in [0.29, 0.717) is 42.1 Å². The van der Waals surface area contributed by atoms with Crippen LogP contribution in [0.5, 0.6) is 0 Å². The van der Waals surface area contributed by atoms with Gasteiger partial charge in [-0.2, -0.15) is 0 Å². The van der Waals surface area contributed by atoms with Crippen molar-refractivity contribution in [2.75, 3.05) is 13.6 Å². The van der Waals surface area contributed by atoms with Gasteiger partial charge >= 0.3 is 0 Å². The fraction of sp³-hybridized carbons (Fsp3) is 0.333. The molecule has 5 nitrogen and oxygen atoms in total. The molecule has 0 atom stereocenters. The Bertz CT molecular complexity index is 852. The van der Waals surface area contributed by atoms with Crippen molar-refractivity contribution in [3.8, 4) is 0 Å². The molecule has 1 aliphatic rings. The first-order valence-corrected chi connectivity index (χ1v) is 10.0. The number of guanidine groups is 1. The number of likely N-dealkylation sites (tertiary alicyclic amines) is 1. The van der Waals surface area contributed by atoms with E-state index in [1.165, 1.54) is 0 Å². The molecule has 28 heavy (non-hydrogen) atoms. The van der Waals surface area contributed by atoms with E-state index in [0.717, 1.165) is 29.7 Å². The van der Waals surface area contributed by atoms with Crippen LogP contribution in [-0.4, -0.2) is 30.4 Å². The number of carbonyl (C=O) groups is 1. The Morgan fingerprint density at radius 1 is 1.07 bits per heavy atom. The monoisotopic (exact) mass is 418 g/mol. The molecule has 0 aliphatic carbocycles. The second-order valence-corrected chi connectivity index (χ2v) is 7.59. The van der Waals surface area contributed by atoms with Crippen molar-refractivity contribution >= 4 is 35.1 Å². The van der Waals surface area contributed by atoms with Crippen LogP contribution in [0.15, 0.2) is 47.5 Å². The second-order valence-electron chi connectivity index (χ2n) is 6.75. The summed E-state index contributed by atoms with van der Waals surface area (Å²) in [7, 11) is 1.73. The summed E-state index contributed by atoms with van der Waals surface area (Å²) in [6.45, 7) is 2.76. The van der Waals surface area contributed by atoms with Gasteiger partial charge in [0.2, 0.25) is 5.91 Å². The van der Waals surface area contributed by atoms with Crippen LogP contribution in [0.4, 0.5) is 0 Å². The van der Waals surface area contributed by atoms with Crippen LogP contribution < -0.4 is 10.6 Å². The van der Waals surface area contributed by atoms with Crippen molar-refractivity contribution in [3.63, 3.8) is 0 Å².